The molecule has 6 nitrogen and oxygen atoms in total. The molecule has 2 N–H and O–H groups in total. The Labute approximate surface area is 155 Å². The smallest absolute Gasteiger partial charge is 0.337 e. The Hall–Kier alpha value is -3.80. The third-order valence-corrected chi connectivity index (χ3v) is 4.19. The average molecular weight is 356 g/mol. The van der Waals surface area contributed by atoms with E-state index in [4.69, 9.17) is 15.5 Å². The number of esters is 1. The Bertz CT molecular complexity index is 1140. The van der Waals surface area contributed by atoms with Gasteiger partial charge in [0.1, 0.15) is 11.2 Å². The number of pyridine rings is 1. The minimum atomic E-state index is -0.390. The second-order valence-electron chi connectivity index (χ2n) is 5.93. The number of carbonyl (C=O) groups excluding carboxylic acids is 1. The molecule has 0 unspecified atom stereocenters. The number of carbonyl (C=O) groups is 1. The summed E-state index contributed by atoms with van der Waals surface area (Å²) in [5, 5.41) is 0. The van der Waals surface area contributed by atoms with Crippen molar-refractivity contribution < 1.29 is 9.53 Å². The number of benzene rings is 2. The Morgan fingerprint density at radius 1 is 0.889 bits per heavy atom. The van der Waals surface area contributed by atoms with Crippen LogP contribution in [0.3, 0.4) is 0 Å². The highest BCUT2D eigenvalue weighted by Crippen LogP contribution is 2.28. The maximum Gasteiger partial charge on any atom is 0.337 e. The number of nitrogens with zero attached hydrogens (tertiary/aromatic N) is 3. The molecule has 0 atom stereocenters. The maximum atomic E-state index is 11.8. The van der Waals surface area contributed by atoms with Crippen LogP contribution < -0.4 is 5.73 Å². The number of aromatic nitrogens is 3. The molecule has 0 aliphatic heterocycles. The van der Waals surface area contributed by atoms with E-state index in [1.807, 2.05) is 48.5 Å². The molecule has 0 amide bonds. The molecule has 0 saturated heterocycles. The first-order valence-electron chi connectivity index (χ1n) is 8.34. The van der Waals surface area contributed by atoms with Gasteiger partial charge in [0.25, 0.3) is 0 Å². The van der Waals surface area contributed by atoms with Crippen molar-refractivity contribution in [2.24, 2.45) is 0 Å². The van der Waals surface area contributed by atoms with E-state index in [0.717, 1.165) is 11.1 Å². The third-order valence-electron chi connectivity index (χ3n) is 4.19. The van der Waals surface area contributed by atoms with Gasteiger partial charge in [-0.1, -0.05) is 42.5 Å². The normalized spacial score (nSPS) is 10.7. The molecule has 0 aliphatic rings. The zero-order chi connectivity index (χ0) is 18.8. The Morgan fingerprint density at radius 2 is 1.67 bits per heavy atom. The number of nitrogens with two attached hydrogens (primary N) is 1. The number of methoxy groups -OCH3 is 1. The van der Waals surface area contributed by atoms with Crippen LogP contribution in [0.4, 0.5) is 5.95 Å². The summed E-state index contributed by atoms with van der Waals surface area (Å²) in [6.07, 6.45) is 0. The van der Waals surface area contributed by atoms with Gasteiger partial charge in [-0.2, -0.15) is 0 Å². The second kappa shape index (κ2) is 6.84. The molecule has 4 aromatic rings. The average Bonchev–Trinajstić information content (AvgIpc) is 2.73. The number of nitrogen functional groups attached to an aromatic ring is 1. The SMILES string of the molecule is COC(=O)c1cccc(-c2ccc3nc(N)nc(-c4ccccc4)c3n2)c1. The van der Waals surface area contributed by atoms with E-state index in [1.165, 1.54) is 7.11 Å². The lowest BCUT2D eigenvalue weighted by molar-refractivity contribution is 0.0601. The quantitative estimate of drug-likeness (QED) is 0.563. The number of rotatable bonds is 3. The van der Waals surface area contributed by atoms with Gasteiger partial charge in [0.2, 0.25) is 5.95 Å². The number of anilines is 1. The van der Waals surface area contributed by atoms with E-state index in [1.54, 1.807) is 18.2 Å². The van der Waals surface area contributed by atoms with Gasteiger partial charge in [0, 0.05) is 11.1 Å². The van der Waals surface area contributed by atoms with Crippen molar-refractivity contribution in [3.05, 3.63) is 72.3 Å². The summed E-state index contributed by atoms with van der Waals surface area (Å²) in [5.74, 6) is -0.192. The molecule has 132 valence electrons. The first-order valence-corrected chi connectivity index (χ1v) is 8.34. The molecule has 2 aromatic carbocycles. The molecule has 0 aliphatic carbocycles. The van der Waals surface area contributed by atoms with E-state index < -0.39 is 5.97 Å². The lowest BCUT2D eigenvalue weighted by Crippen LogP contribution is -2.02. The van der Waals surface area contributed by atoms with E-state index >= 15 is 0 Å². The first-order chi connectivity index (χ1) is 13.2. The van der Waals surface area contributed by atoms with Gasteiger partial charge in [0.15, 0.2) is 0 Å². The number of hydrogen-bond donors (Lipinski definition) is 1. The zero-order valence-corrected chi connectivity index (χ0v) is 14.6. The van der Waals surface area contributed by atoms with E-state index in [0.29, 0.717) is 28.0 Å². The highest BCUT2D eigenvalue weighted by atomic mass is 16.5. The van der Waals surface area contributed by atoms with Crippen molar-refractivity contribution in [1.82, 2.24) is 15.0 Å². The highest BCUT2D eigenvalue weighted by molar-refractivity contribution is 5.93. The minimum Gasteiger partial charge on any atom is -0.465 e. The largest absolute Gasteiger partial charge is 0.465 e. The van der Waals surface area contributed by atoms with Crippen molar-refractivity contribution in [3.63, 3.8) is 0 Å². The van der Waals surface area contributed by atoms with E-state index in [-0.39, 0.29) is 5.95 Å². The molecule has 0 fully saturated rings. The highest BCUT2D eigenvalue weighted by Gasteiger charge is 2.13. The van der Waals surface area contributed by atoms with Gasteiger partial charge in [-0.3, -0.25) is 0 Å². The molecule has 6 heteroatoms. The van der Waals surface area contributed by atoms with Crippen LogP contribution in [0.2, 0.25) is 0 Å². The molecule has 27 heavy (non-hydrogen) atoms. The fourth-order valence-corrected chi connectivity index (χ4v) is 2.91. The van der Waals surface area contributed by atoms with Gasteiger partial charge in [-0.05, 0) is 24.3 Å². The zero-order valence-electron chi connectivity index (χ0n) is 14.6. The van der Waals surface area contributed by atoms with Crippen molar-refractivity contribution in [2.75, 3.05) is 12.8 Å². The van der Waals surface area contributed by atoms with Crippen LogP contribution >= 0.6 is 0 Å². The van der Waals surface area contributed by atoms with Crippen LogP contribution in [0, 0.1) is 0 Å². The van der Waals surface area contributed by atoms with Gasteiger partial charge in [-0.15, -0.1) is 0 Å². The summed E-state index contributed by atoms with van der Waals surface area (Å²) in [7, 11) is 1.36. The lowest BCUT2D eigenvalue weighted by atomic mass is 10.1. The molecular weight excluding hydrogens is 340 g/mol. The van der Waals surface area contributed by atoms with E-state index in [2.05, 4.69) is 9.97 Å². The number of fused-ring (bicyclic) bond motifs is 1. The van der Waals surface area contributed by atoms with Crippen LogP contribution in [-0.4, -0.2) is 28.0 Å². The fraction of sp³-hybridized carbons (Fsp3) is 0.0476. The number of ether oxygens (including phenoxy) is 1. The predicted octanol–water partition coefficient (Wildman–Crippen LogP) is 3.73. The molecule has 0 bridgehead atoms. The first kappa shape index (κ1) is 16.7. The van der Waals surface area contributed by atoms with Crippen LogP contribution in [0.25, 0.3) is 33.5 Å². The maximum absolute atomic E-state index is 11.8. The van der Waals surface area contributed by atoms with Crippen LogP contribution in [0.1, 0.15) is 10.4 Å². The van der Waals surface area contributed by atoms with E-state index in [9.17, 15) is 4.79 Å². The van der Waals surface area contributed by atoms with Crippen LogP contribution in [0.15, 0.2) is 66.7 Å². The Balaban J connectivity index is 1.90. The molecule has 4 rings (SSSR count). The molecule has 2 aromatic heterocycles. The predicted molar refractivity (Wildman–Crippen MR) is 104 cm³/mol. The molecule has 0 saturated carbocycles. The lowest BCUT2D eigenvalue weighted by Gasteiger charge is -2.09. The van der Waals surface area contributed by atoms with Crippen molar-refractivity contribution in [3.8, 4) is 22.5 Å². The minimum absolute atomic E-state index is 0.198. The summed E-state index contributed by atoms with van der Waals surface area (Å²) < 4.78 is 4.79. The summed E-state index contributed by atoms with van der Waals surface area (Å²) in [6, 6.07) is 20.6. The second-order valence-corrected chi connectivity index (χ2v) is 5.93. The third kappa shape index (κ3) is 3.20. The monoisotopic (exact) mass is 356 g/mol. The topological polar surface area (TPSA) is 91.0 Å². The van der Waals surface area contributed by atoms with Gasteiger partial charge in [0.05, 0.1) is 23.9 Å². The molecule has 2 heterocycles. The van der Waals surface area contributed by atoms with Crippen LogP contribution in [0.5, 0.6) is 0 Å². The number of hydrogen-bond acceptors (Lipinski definition) is 6. The van der Waals surface area contributed by atoms with Crippen molar-refractivity contribution in [1.29, 1.82) is 0 Å². The van der Waals surface area contributed by atoms with Gasteiger partial charge >= 0.3 is 5.97 Å². The Kier molecular flexibility index (Phi) is 4.22. The standard InChI is InChI=1S/C21H16N4O2/c1-27-20(26)15-9-5-8-14(12-15)16-10-11-17-19(23-16)18(25-21(22)24-17)13-6-3-2-4-7-13/h2-12H,1H3,(H2,22,24,25). The van der Waals surface area contributed by atoms with Crippen molar-refractivity contribution >= 4 is 23.0 Å². The van der Waals surface area contributed by atoms with Crippen molar-refractivity contribution in [2.45, 2.75) is 0 Å². The van der Waals surface area contributed by atoms with Gasteiger partial charge < -0.3 is 10.5 Å². The summed E-state index contributed by atoms with van der Waals surface area (Å²) in [4.78, 5) is 25.2. The van der Waals surface area contributed by atoms with Gasteiger partial charge in [-0.25, -0.2) is 19.7 Å². The molecule has 0 radical (unpaired) electrons. The summed E-state index contributed by atoms with van der Waals surface area (Å²) in [6.45, 7) is 0. The molecular formula is C21H16N4O2. The summed E-state index contributed by atoms with van der Waals surface area (Å²) in [5.41, 5.74) is 10.7. The summed E-state index contributed by atoms with van der Waals surface area (Å²) >= 11 is 0. The fourth-order valence-electron chi connectivity index (χ4n) is 2.91. The molecule has 0 spiro atoms. The van der Waals surface area contributed by atoms with Crippen LogP contribution in [-0.2, 0) is 4.74 Å². The Morgan fingerprint density at radius 3 is 2.44 bits per heavy atom.